The van der Waals surface area contributed by atoms with Crippen molar-refractivity contribution in [1.82, 2.24) is 5.32 Å². The Morgan fingerprint density at radius 3 is 2.88 bits per heavy atom. The van der Waals surface area contributed by atoms with E-state index >= 15 is 0 Å². The monoisotopic (exact) mass is 241 g/mol. The highest BCUT2D eigenvalue weighted by Gasteiger charge is 2.10. The van der Waals surface area contributed by atoms with Crippen molar-refractivity contribution >= 4 is 11.6 Å². The number of hydrogen-bond acceptors (Lipinski definition) is 2. The Kier molecular flexibility index (Phi) is 6.46. The quantitative estimate of drug-likeness (QED) is 0.741. The maximum Gasteiger partial charge on any atom is 0.0462 e. The smallest absolute Gasteiger partial charge is 0.0462 e. The van der Waals surface area contributed by atoms with Crippen LogP contribution in [0, 0.1) is 0 Å². The lowest BCUT2D eigenvalue weighted by Crippen LogP contribution is -2.17. The van der Waals surface area contributed by atoms with Gasteiger partial charge >= 0.3 is 0 Å². The summed E-state index contributed by atoms with van der Waals surface area (Å²) in [7, 11) is 3.72. The van der Waals surface area contributed by atoms with E-state index in [0.29, 0.717) is 5.92 Å². The lowest BCUT2D eigenvalue weighted by molar-refractivity contribution is 0.190. The van der Waals surface area contributed by atoms with Gasteiger partial charge in [0.25, 0.3) is 0 Å². The van der Waals surface area contributed by atoms with Gasteiger partial charge in [-0.05, 0) is 43.5 Å². The second-order valence-corrected chi connectivity index (χ2v) is 4.38. The molecule has 0 saturated heterocycles. The van der Waals surface area contributed by atoms with Crippen molar-refractivity contribution in [3.05, 3.63) is 34.9 Å². The van der Waals surface area contributed by atoms with Crippen molar-refractivity contribution in [3.63, 3.8) is 0 Å². The third kappa shape index (κ3) is 4.52. The summed E-state index contributed by atoms with van der Waals surface area (Å²) in [6.07, 6.45) is 2.20. The maximum absolute atomic E-state index is 6.01. The Bertz CT molecular complexity index is 304. The molecule has 0 aliphatic heterocycles. The predicted molar refractivity (Wildman–Crippen MR) is 69.2 cm³/mol. The highest BCUT2D eigenvalue weighted by atomic mass is 35.5. The SMILES string of the molecule is CNCC(CCCOC)c1cccc(Cl)c1. The van der Waals surface area contributed by atoms with Crippen LogP contribution < -0.4 is 5.32 Å². The normalized spacial score (nSPS) is 12.7. The number of nitrogens with one attached hydrogen (secondary N) is 1. The van der Waals surface area contributed by atoms with E-state index in [1.54, 1.807) is 7.11 Å². The molecule has 0 heterocycles. The zero-order valence-electron chi connectivity index (χ0n) is 10.0. The Hall–Kier alpha value is -0.570. The number of halogens is 1. The first-order chi connectivity index (χ1) is 7.77. The van der Waals surface area contributed by atoms with Crippen molar-refractivity contribution in [1.29, 1.82) is 0 Å². The zero-order chi connectivity index (χ0) is 11.8. The number of hydrogen-bond donors (Lipinski definition) is 1. The van der Waals surface area contributed by atoms with Gasteiger partial charge < -0.3 is 10.1 Å². The van der Waals surface area contributed by atoms with Crippen LogP contribution in [0.2, 0.25) is 5.02 Å². The van der Waals surface area contributed by atoms with E-state index in [1.807, 2.05) is 19.2 Å². The van der Waals surface area contributed by atoms with Gasteiger partial charge in [0.2, 0.25) is 0 Å². The number of rotatable bonds is 7. The van der Waals surface area contributed by atoms with Crippen molar-refractivity contribution < 1.29 is 4.74 Å². The Morgan fingerprint density at radius 1 is 1.44 bits per heavy atom. The molecule has 0 radical (unpaired) electrons. The summed E-state index contributed by atoms with van der Waals surface area (Å²) in [6, 6.07) is 8.12. The van der Waals surface area contributed by atoms with Gasteiger partial charge in [0.05, 0.1) is 0 Å². The van der Waals surface area contributed by atoms with Crippen LogP contribution in [0.1, 0.15) is 24.3 Å². The second kappa shape index (κ2) is 7.66. The highest BCUT2D eigenvalue weighted by molar-refractivity contribution is 6.30. The molecule has 0 fully saturated rings. The fraction of sp³-hybridized carbons (Fsp3) is 0.538. The van der Waals surface area contributed by atoms with Crippen molar-refractivity contribution in [2.45, 2.75) is 18.8 Å². The van der Waals surface area contributed by atoms with Crippen LogP contribution in [0.4, 0.5) is 0 Å². The van der Waals surface area contributed by atoms with Gasteiger partial charge in [0.1, 0.15) is 0 Å². The second-order valence-electron chi connectivity index (χ2n) is 3.94. The van der Waals surface area contributed by atoms with Gasteiger partial charge in [-0.1, -0.05) is 23.7 Å². The van der Waals surface area contributed by atoms with Crippen LogP contribution in [-0.4, -0.2) is 27.3 Å². The van der Waals surface area contributed by atoms with Crippen molar-refractivity contribution in [2.75, 3.05) is 27.3 Å². The molecule has 1 N–H and O–H groups in total. The fourth-order valence-electron chi connectivity index (χ4n) is 1.87. The number of likely N-dealkylation sites (N-methyl/N-ethyl adjacent to an activating group) is 1. The van der Waals surface area contributed by atoms with E-state index < -0.39 is 0 Å². The molecule has 0 saturated carbocycles. The standard InChI is InChI=1S/C13H20ClNO/c1-15-10-12(6-4-8-16-2)11-5-3-7-13(14)9-11/h3,5,7,9,12,15H,4,6,8,10H2,1-2H3. The average molecular weight is 242 g/mol. The number of benzene rings is 1. The lowest BCUT2D eigenvalue weighted by Gasteiger charge is -2.17. The van der Waals surface area contributed by atoms with Crippen LogP contribution in [0.25, 0.3) is 0 Å². The van der Waals surface area contributed by atoms with Crippen LogP contribution in [0.3, 0.4) is 0 Å². The summed E-state index contributed by atoms with van der Waals surface area (Å²) < 4.78 is 5.08. The summed E-state index contributed by atoms with van der Waals surface area (Å²) in [5, 5.41) is 4.04. The average Bonchev–Trinajstić information content (AvgIpc) is 2.28. The largest absolute Gasteiger partial charge is 0.385 e. The summed E-state index contributed by atoms with van der Waals surface area (Å²) in [6.45, 7) is 1.80. The molecule has 2 nitrogen and oxygen atoms in total. The third-order valence-corrected chi connectivity index (χ3v) is 2.91. The van der Waals surface area contributed by atoms with E-state index in [0.717, 1.165) is 31.0 Å². The summed E-state index contributed by atoms with van der Waals surface area (Å²) in [5.41, 5.74) is 1.30. The Morgan fingerprint density at radius 2 is 2.25 bits per heavy atom. The van der Waals surface area contributed by atoms with Gasteiger partial charge in [-0.15, -0.1) is 0 Å². The minimum absolute atomic E-state index is 0.513. The van der Waals surface area contributed by atoms with Crippen LogP contribution >= 0.6 is 11.6 Å². The molecule has 0 bridgehead atoms. The molecule has 0 spiro atoms. The molecule has 1 atom stereocenters. The molecule has 1 rings (SSSR count). The third-order valence-electron chi connectivity index (χ3n) is 2.67. The number of ether oxygens (including phenoxy) is 1. The first-order valence-electron chi connectivity index (χ1n) is 5.67. The summed E-state index contributed by atoms with van der Waals surface area (Å²) >= 11 is 6.01. The first-order valence-corrected chi connectivity index (χ1v) is 6.04. The topological polar surface area (TPSA) is 21.3 Å². The fourth-order valence-corrected chi connectivity index (χ4v) is 2.07. The summed E-state index contributed by atoms with van der Waals surface area (Å²) in [5.74, 6) is 0.513. The minimum atomic E-state index is 0.513. The molecule has 3 heteroatoms. The molecule has 90 valence electrons. The molecular weight excluding hydrogens is 222 g/mol. The van der Waals surface area contributed by atoms with Gasteiger partial charge in [0, 0.05) is 25.3 Å². The van der Waals surface area contributed by atoms with Gasteiger partial charge in [0.15, 0.2) is 0 Å². The van der Waals surface area contributed by atoms with Crippen LogP contribution in [0.5, 0.6) is 0 Å². The van der Waals surface area contributed by atoms with Crippen molar-refractivity contribution in [2.24, 2.45) is 0 Å². The molecule has 16 heavy (non-hydrogen) atoms. The van der Waals surface area contributed by atoms with Crippen LogP contribution in [-0.2, 0) is 4.74 Å². The lowest BCUT2D eigenvalue weighted by atomic mass is 9.94. The zero-order valence-corrected chi connectivity index (χ0v) is 10.8. The van der Waals surface area contributed by atoms with Gasteiger partial charge in [-0.2, -0.15) is 0 Å². The molecule has 1 aromatic rings. The van der Waals surface area contributed by atoms with Gasteiger partial charge in [-0.3, -0.25) is 0 Å². The minimum Gasteiger partial charge on any atom is -0.385 e. The van der Waals surface area contributed by atoms with Crippen LogP contribution in [0.15, 0.2) is 24.3 Å². The van der Waals surface area contributed by atoms with Gasteiger partial charge in [-0.25, -0.2) is 0 Å². The molecule has 1 unspecified atom stereocenters. The van der Waals surface area contributed by atoms with E-state index in [1.165, 1.54) is 5.56 Å². The first kappa shape index (κ1) is 13.5. The van der Waals surface area contributed by atoms with E-state index in [9.17, 15) is 0 Å². The van der Waals surface area contributed by atoms with E-state index in [2.05, 4.69) is 17.4 Å². The number of methoxy groups -OCH3 is 1. The summed E-state index contributed by atoms with van der Waals surface area (Å²) in [4.78, 5) is 0. The highest BCUT2D eigenvalue weighted by Crippen LogP contribution is 2.23. The molecule has 1 aromatic carbocycles. The van der Waals surface area contributed by atoms with Crippen molar-refractivity contribution in [3.8, 4) is 0 Å². The Balaban J connectivity index is 2.61. The predicted octanol–water partition coefficient (Wildman–Crippen LogP) is 3.07. The molecule has 0 aromatic heterocycles. The molecule has 0 aliphatic rings. The maximum atomic E-state index is 6.01. The molecule has 0 amide bonds. The molecule has 0 aliphatic carbocycles. The Labute approximate surface area is 103 Å². The van der Waals surface area contributed by atoms with E-state index in [4.69, 9.17) is 16.3 Å². The molecular formula is C13H20ClNO. The van der Waals surface area contributed by atoms with E-state index in [-0.39, 0.29) is 0 Å².